The molecule has 3 aromatic rings. The lowest BCUT2D eigenvalue weighted by Gasteiger charge is -2.13. The minimum atomic E-state index is -0.371. The molecule has 0 saturated carbocycles. The maximum Gasteiger partial charge on any atom is 0.272 e. The summed E-state index contributed by atoms with van der Waals surface area (Å²) in [7, 11) is 0. The second-order valence-electron chi connectivity index (χ2n) is 6.76. The molecule has 2 aromatic carbocycles. The molecular formula is C21H21N3O4. The summed E-state index contributed by atoms with van der Waals surface area (Å²) < 4.78 is 11.6. The average molecular weight is 379 g/mol. The van der Waals surface area contributed by atoms with E-state index in [1.165, 1.54) is 0 Å². The van der Waals surface area contributed by atoms with Gasteiger partial charge in [-0.3, -0.25) is 9.59 Å². The molecule has 7 nitrogen and oxygen atoms in total. The van der Waals surface area contributed by atoms with Gasteiger partial charge < -0.3 is 14.8 Å². The van der Waals surface area contributed by atoms with Crippen LogP contribution in [0, 0.1) is 0 Å². The molecule has 0 radical (unpaired) electrons. The highest BCUT2D eigenvalue weighted by atomic mass is 16.5. The van der Waals surface area contributed by atoms with E-state index in [-0.39, 0.29) is 29.8 Å². The molecule has 1 aliphatic rings. The van der Waals surface area contributed by atoms with Gasteiger partial charge in [-0.25, -0.2) is 5.10 Å². The number of nitrogens with one attached hydrogen (secondary N) is 2. The Bertz CT molecular complexity index is 1110. The molecule has 7 heteroatoms. The van der Waals surface area contributed by atoms with Crippen molar-refractivity contribution in [3.8, 4) is 11.5 Å². The second kappa shape index (κ2) is 7.34. The van der Waals surface area contributed by atoms with E-state index >= 15 is 0 Å². The van der Waals surface area contributed by atoms with Crippen molar-refractivity contribution in [2.24, 2.45) is 0 Å². The zero-order valence-corrected chi connectivity index (χ0v) is 15.7. The van der Waals surface area contributed by atoms with E-state index in [2.05, 4.69) is 15.5 Å². The van der Waals surface area contributed by atoms with Crippen molar-refractivity contribution in [1.29, 1.82) is 0 Å². The molecule has 2 N–H and O–H groups in total. The molecule has 2 heterocycles. The monoisotopic (exact) mass is 379 g/mol. The summed E-state index contributed by atoms with van der Waals surface area (Å²) in [6, 6.07) is 10.8. The van der Waals surface area contributed by atoms with E-state index < -0.39 is 0 Å². The van der Waals surface area contributed by atoms with Crippen LogP contribution >= 0.6 is 0 Å². The molecular weight excluding hydrogens is 358 g/mol. The third-order valence-electron chi connectivity index (χ3n) is 4.73. The highest BCUT2D eigenvalue weighted by Gasteiger charge is 2.22. The molecule has 4 rings (SSSR count). The lowest BCUT2D eigenvalue weighted by atomic mass is 10.1. The summed E-state index contributed by atoms with van der Waals surface area (Å²) >= 11 is 0. The molecule has 1 aromatic heterocycles. The number of rotatable bonds is 5. The fourth-order valence-corrected chi connectivity index (χ4v) is 3.46. The minimum absolute atomic E-state index is 0.131. The number of aromatic amines is 1. The number of benzene rings is 2. The van der Waals surface area contributed by atoms with Crippen LogP contribution in [0.3, 0.4) is 0 Å². The van der Waals surface area contributed by atoms with Crippen LogP contribution < -0.4 is 20.3 Å². The maximum absolute atomic E-state index is 12.7. The Kier molecular flexibility index (Phi) is 4.73. The first-order chi connectivity index (χ1) is 13.6. The molecule has 28 heavy (non-hydrogen) atoms. The predicted molar refractivity (Wildman–Crippen MR) is 105 cm³/mol. The number of hydrogen-bond acceptors (Lipinski definition) is 5. The lowest BCUT2D eigenvalue weighted by Crippen LogP contribution is -2.26. The number of nitrogens with zero attached hydrogens (tertiary/aromatic N) is 1. The van der Waals surface area contributed by atoms with Crippen molar-refractivity contribution in [3.63, 3.8) is 0 Å². The van der Waals surface area contributed by atoms with Crippen LogP contribution in [0.1, 0.15) is 35.5 Å². The lowest BCUT2D eigenvalue weighted by molar-refractivity contribution is 0.0946. The Morgan fingerprint density at radius 1 is 1.32 bits per heavy atom. The van der Waals surface area contributed by atoms with Gasteiger partial charge in [0.25, 0.3) is 11.5 Å². The molecule has 1 amide bonds. The van der Waals surface area contributed by atoms with Gasteiger partial charge in [-0.1, -0.05) is 18.2 Å². The van der Waals surface area contributed by atoms with E-state index in [0.717, 1.165) is 29.0 Å². The van der Waals surface area contributed by atoms with Crippen LogP contribution in [0.15, 0.2) is 41.2 Å². The standard InChI is InChI=1S/C21H21N3O4/c1-3-27-17-9-13-8-12(2)28-18(13)10-14(17)11-22-21(26)19-15-6-4-5-7-16(15)20(25)24-23-19/h4-7,9-10,12H,3,8,11H2,1-2H3,(H,22,26)(H,24,25)/t12-/m1/s1. The third kappa shape index (κ3) is 3.31. The van der Waals surface area contributed by atoms with E-state index in [9.17, 15) is 9.59 Å². The van der Waals surface area contributed by atoms with Crippen LogP contribution in [-0.4, -0.2) is 28.8 Å². The highest BCUT2D eigenvalue weighted by molar-refractivity contribution is 6.04. The SMILES string of the molecule is CCOc1cc2c(cc1CNC(=O)c1n[nH]c(=O)c3ccccc13)O[C@H](C)C2. The van der Waals surface area contributed by atoms with Crippen LogP contribution in [0.4, 0.5) is 0 Å². The van der Waals surface area contributed by atoms with Gasteiger partial charge in [0.1, 0.15) is 17.6 Å². The number of amides is 1. The minimum Gasteiger partial charge on any atom is -0.494 e. The normalized spacial score (nSPS) is 15.1. The van der Waals surface area contributed by atoms with Crippen molar-refractivity contribution >= 4 is 16.7 Å². The molecule has 0 spiro atoms. The van der Waals surface area contributed by atoms with E-state index in [1.54, 1.807) is 24.3 Å². The summed E-state index contributed by atoms with van der Waals surface area (Å²) in [5.74, 6) is 1.19. The second-order valence-corrected chi connectivity index (χ2v) is 6.76. The van der Waals surface area contributed by atoms with Gasteiger partial charge in [0, 0.05) is 29.5 Å². The molecule has 0 unspecified atom stereocenters. The van der Waals surface area contributed by atoms with Crippen molar-refractivity contribution in [2.75, 3.05) is 6.61 Å². The molecule has 1 aliphatic heterocycles. The summed E-state index contributed by atoms with van der Waals surface area (Å²) in [6.07, 6.45) is 0.973. The van der Waals surface area contributed by atoms with Gasteiger partial charge in [0.15, 0.2) is 5.69 Å². The summed E-state index contributed by atoms with van der Waals surface area (Å²) in [5, 5.41) is 10.1. The van der Waals surface area contributed by atoms with Crippen LogP contribution in [0.25, 0.3) is 10.8 Å². The van der Waals surface area contributed by atoms with Gasteiger partial charge in [0.05, 0.1) is 12.0 Å². The quantitative estimate of drug-likeness (QED) is 0.711. The Balaban J connectivity index is 1.60. The summed E-state index contributed by atoms with van der Waals surface area (Å²) in [6.45, 7) is 4.73. The zero-order chi connectivity index (χ0) is 19.7. The summed E-state index contributed by atoms with van der Waals surface area (Å²) in [5.41, 5.74) is 1.80. The van der Waals surface area contributed by atoms with Gasteiger partial charge in [-0.15, -0.1) is 0 Å². The molecule has 0 aliphatic carbocycles. The van der Waals surface area contributed by atoms with Crippen molar-refractivity contribution in [3.05, 3.63) is 63.6 Å². The Hall–Kier alpha value is -3.35. The number of aromatic nitrogens is 2. The molecule has 0 bridgehead atoms. The van der Waals surface area contributed by atoms with Crippen LogP contribution in [-0.2, 0) is 13.0 Å². The first-order valence-corrected chi connectivity index (χ1v) is 9.27. The van der Waals surface area contributed by atoms with Crippen molar-refractivity contribution < 1.29 is 14.3 Å². The molecule has 144 valence electrons. The number of fused-ring (bicyclic) bond motifs is 2. The topological polar surface area (TPSA) is 93.3 Å². The van der Waals surface area contributed by atoms with Crippen LogP contribution in [0.5, 0.6) is 11.5 Å². The average Bonchev–Trinajstić information content (AvgIpc) is 3.05. The molecule has 0 saturated heterocycles. The fourth-order valence-electron chi connectivity index (χ4n) is 3.46. The number of ether oxygens (including phenoxy) is 2. The van der Waals surface area contributed by atoms with E-state index in [0.29, 0.717) is 17.4 Å². The maximum atomic E-state index is 12.7. The largest absolute Gasteiger partial charge is 0.494 e. The zero-order valence-electron chi connectivity index (χ0n) is 15.7. The van der Waals surface area contributed by atoms with Crippen molar-refractivity contribution in [1.82, 2.24) is 15.5 Å². The predicted octanol–water partition coefficient (Wildman–Crippen LogP) is 2.58. The van der Waals surface area contributed by atoms with Gasteiger partial charge in [-0.2, -0.15) is 5.10 Å². The van der Waals surface area contributed by atoms with E-state index in [4.69, 9.17) is 9.47 Å². The molecule has 0 fully saturated rings. The number of carbonyl (C=O) groups excluding carboxylic acids is 1. The van der Waals surface area contributed by atoms with Gasteiger partial charge in [0.2, 0.25) is 0 Å². The highest BCUT2D eigenvalue weighted by Crippen LogP contribution is 2.35. The van der Waals surface area contributed by atoms with Crippen LogP contribution in [0.2, 0.25) is 0 Å². The van der Waals surface area contributed by atoms with Crippen molar-refractivity contribution in [2.45, 2.75) is 32.9 Å². The Labute approximate surface area is 161 Å². The summed E-state index contributed by atoms with van der Waals surface area (Å²) in [4.78, 5) is 24.6. The van der Waals surface area contributed by atoms with Gasteiger partial charge in [-0.05, 0) is 32.0 Å². The first-order valence-electron chi connectivity index (χ1n) is 9.27. The van der Waals surface area contributed by atoms with E-state index in [1.807, 2.05) is 26.0 Å². The Morgan fingerprint density at radius 3 is 2.89 bits per heavy atom. The van der Waals surface area contributed by atoms with Gasteiger partial charge >= 0.3 is 0 Å². The third-order valence-corrected chi connectivity index (χ3v) is 4.73. The molecule has 1 atom stereocenters. The number of hydrogen-bond donors (Lipinski definition) is 2. The first kappa shape index (κ1) is 18.0. The Morgan fingerprint density at radius 2 is 2.11 bits per heavy atom. The number of carbonyl (C=O) groups is 1. The fraction of sp³-hybridized carbons (Fsp3) is 0.286. The smallest absolute Gasteiger partial charge is 0.272 e. The number of H-pyrrole nitrogens is 1.